The maximum Gasteiger partial charge on any atom is 0.417 e. The highest BCUT2D eigenvalue weighted by Crippen LogP contribution is 2.40. The largest absolute Gasteiger partial charge is 0.491 e. The third-order valence-electron chi connectivity index (χ3n) is 13.3. The normalized spacial score (nSPS) is 18.0. The number of β-amino-alcohol motifs (C(OH)–C–C–N with tert-alkyl or cyclic N) is 1. The van der Waals surface area contributed by atoms with Crippen molar-refractivity contribution in [1.82, 2.24) is 20.1 Å². The van der Waals surface area contributed by atoms with Gasteiger partial charge in [0.25, 0.3) is 11.8 Å². The Morgan fingerprint density at radius 1 is 1.01 bits per heavy atom. The fourth-order valence-corrected chi connectivity index (χ4v) is 11.0. The lowest BCUT2D eigenvalue weighted by Gasteiger charge is -2.35. The lowest BCUT2D eigenvalue weighted by atomic mass is 9.99. The number of anilines is 2. The molecule has 8 rings (SSSR count). The van der Waals surface area contributed by atoms with Gasteiger partial charge in [0.05, 0.1) is 51.7 Å². The van der Waals surface area contributed by atoms with E-state index in [1.807, 2.05) is 57.2 Å². The second-order valence-corrected chi connectivity index (χ2v) is 20.1. The van der Waals surface area contributed by atoms with Crippen molar-refractivity contribution in [2.75, 3.05) is 36.2 Å². The quantitative estimate of drug-likeness (QED) is 0.0681. The first-order valence-electron chi connectivity index (χ1n) is 23.6. The molecule has 0 bridgehead atoms. The Morgan fingerprint density at radius 3 is 2.40 bits per heavy atom. The van der Waals surface area contributed by atoms with Crippen molar-refractivity contribution in [3.8, 4) is 22.3 Å². The number of nitrogens with one attached hydrogen (secondary N) is 1. The van der Waals surface area contributed by atoms with E-state index in [4.69, 9.17) is 21.7 Å². The SMILES string of the molecule is Cc1ncsc1-c1ccc(CNC(=O)[C@@H]2C[C@@H](O)CN2C(=O)C(C(C)C)N2Cc3c(CCCOCCOc4ccc(N5C(=S)N(c6ccc(C#N)c(C(F)(F)F)c6)C(=O)C5(C)C)cc4)cccc3C2=O)cc1. The number of aryl methyl sites for hydroxylation is 2. The number of hydrogen-bond donors (Lipinski definition) is 2. The fourth-order valence-electron chi connectivity index (χ4n) is 9.63. The predicted molar refractivity (Wildman–Crippen MR) is 269 cm³/mol. The second kappa shape index (κ2) is 21.2. The number of ether oxygens (including phenoxy) is 2. The maximum atomic E-state index is 14.4. The van der Waals surface area contributed by atoms with Crippen LogP contribution >= 0.6 is 23.6 Å². The molecule has 0 aliphatic carbocycles. The molecule has 2 N–H and O–H groups in total. The first-order valence-corrected chi connectivity index (χ1v) is 24.9. The third kappa shape index (κ3) is 10.4. The van der Waals surface area contributed by atoms with Crippen molar-refractivity contribution < 1.29 is 46.9 Å². The van der Waals surface area contributed by atoms with Gasteiger partial charge in [-0.1, -0.05) is 50.2 Å². The highest BCUT2D eigenvalue weighted by molar-refractivity contribution is 7.81. The molecule has 376 valence electrons. The number of aromatic nitrogens is 1. The molecule has 3 aliphatic heterocycles. The number of aliphatic hydroxyl groups excluding tert-OH is 1. The minimum atomic E-state index is -4.81. The van der Waals surface area contributed by atoms with Gasteiger partial charge < -0.3 is 34.6 Å². The Labute approximate surface area is 424 Å². The molecule has 4 aromatic carbocycles. The number of thiocarbonyl (C=S) groups is 1. The van der Waals surface area contributed by atoms with Crippen LogP contribution in [-0.4, -0.2) is 98.7 Å². The maximum absolute atomic E-state index is 14.4. The number of fused-ring (bicyclic) bond motifs is 1. The molecular weight excluding hydrogens is 968 g/mol. The third-order valence-corrected chi connectivity index (χ3v) is 14.6. The van der Waals surface area contributed by atoms with E-state index in [1.165, 1.54) is 11.0 Å². The molecule has 2 saturated heterocycles. The minimum Gasteiger partial charge on any atom is -0.491 e. The minimum absolute atomic E-state index is 0.0140. The van der Waals surface area contributed by atoms with E-state index in [9.17, 15) is 42.7 Å². The Balaban J connectivity index is 0.814. The lowest BCUT2D eigenvalue weighted by molar-refractivity contribution is -0.143. The summed E-state index contributed by atoms with van der Waals surface area (Å²) in [5, 5.41) is 22.9. The Morgan fingerprint density at radius 2 is 1.74 bits per heavy atom. The zero-order valence-electron chi connectivity index (χ0n) is 40.4. The van der Waals surface area contributed by atoms with Gasteiger partial charge in [-0.3, -0.25) is 24.1 Å². The summed E-state index contributed by atoms with van der Waals surface area (Å²) < 4.78 is 53.1. The van der Waals surface area contributed by atoms with Crippen molar-refractivity contribution in [1.29, 1.82) is 5.26 Å². The number of amides is 4. The van der Waals surface area contributed by atoms with Crippen molar-refractivity contribution in [3.63, 3.8) is 0 Å². The van der Waals surface area contributed by atoms with Crippen LogP contribution in [0.25, 0.3) is 10.4 Å². The smallest absolute Gasteiger partial charge is 0.417 e. The molecule has 5 aromatic rings. The number of thiazole rings is 1. The van der Waals surface area contributed by atoms with E-state index < -0.39 is 46.9 Å². The van der Waals surface area contributed by atoms with Crippen LogP contribution in [0.4, 0.5) is 24.5 Å². The number of rotatable bonds is 17. The molecule has 0 saturated carbocycles. The average molecular weight is 1020 g/mol. The number of nitrogens with zero attached hydrogens (tertiary/aromatic N) is 6. The van der Waals surface area contributed by atoms with Gasteiger partial charge in [-0.05, 0) is 123 Å². The van der Waals surface area contributed by atoms with Crippen LogP contribution in [0.1, 0.15) is 84.4 Å². The zero-order valence-corrected chi connectivity index (χ0v) is 42.0. The highest BCUT2D eigenvalue weighted by Gasteiger charge is 2.51. The molecule has 1 aromatic heterocycles. The topological polar surface area (TPSA) is 169 Å². The van der Waals surface area contributed by atoms with Crippen LogP contribution in [0.3, 0.4) is 0 Å². The average Bonchev–Trinajstić information content (AvgIpc) is 4.10. The fraction of sp³-hybridized carbons (Fsp3) is 0.377. The van der Waals surface area contributed by atoms with Crippen molar-refractivity contribution in [2.24, 2.45) is 5.92 Å². The number of carbonyl (C=O) groups is 4. The number of benzene rings is 4. The van der Waals surface area contributed by atoms with E-state index in [2.05, 4.69) is 10.3 Å². The molecule has 0 spiro atoms. The molecule has 72 heavy (non-hydrogen) atoms. The summed E-state index contributed by atoms with van der Waals surface area (Å²) in [6.07, 6.45) is -4.34. The molecule has 4 heterocycles. The number of aliphatic hydroxyl groups is 1. The summed E-state index contributed by atoms with van der Waals surface area (Å²) in [5.74, 6) is -1.31. The van der Waals surface area contributed by atoms with Gasteiger partial charge in [0.1, 0.15) is 30.0 Å². The molecule has 0 radical (unpaired) electrons. The summed E-state index contributed by atoms with van der Waals surface area (Å²) in [6.45, 7) is 10.3. The van der Waals surface area contributed by atoms with Gasteiger partial charge >= 0.3 is 6.18 Å². The molecule has 3 aliphatic rings. The van der Waals surface area contributed by atoms with Crippen molar-refractivity contribution in [3.05, 3.63) is 130 Å². The van der Waals surface area contributed by atoms with Crippen LogP contribution in [0.15, 0.2) is 90.4 Å². The number of likely N-dealkylation sites (tertiary alicyclic amines) is 1. The summed E-state index contributed by atoms with van der Waals surface area (Å²) in [6, 6.07) is 23.1. The van der Waals surface area contributed by atoms with Crippen LogP contribution in [0.5, 0.6) is 5.75 Å². The number of nitriles is 1. The van der Waals surface area contributed by atoms with Gasteiger partial charge in [0.2, 0.25) is 11.8 Å². The van der Waals surface area contributed by atoms with Crippen molar-refractivity contribution in [2.45, 2.75) is 96.9 Å². The number of halogens is 3. The van der Waals surface area contributed by atoms with E-state index in [0.717, 1.165) is 49.9 Å². The molecule has 4 amide bonds. The lowest BCUT2D eigenvalue weighted by Crippen LogP contribution is -2.55. The Kier molecular flexibility index (Phi) is 15.2. The summed E-state index contributed by atoms with van der Waals surface area (Å²) in [4.78, 5) is 66.7. The van der Waals surface area contributed by atoms with E-state index >= 15 is 0 Å². The van der Waals surface area contributed by atoms with E-state index in [1.54, 1.807) is 76.9 Å². The zero-order chi connectivity index (χ0) is 51.6. The van der Waals surface area contributed by atoms with Gasteiger partial charge in [0.15, 0.2) is 5.11 Å². The number of alkyl halides is 3. The van der Waals surface area contributed by atoms with Gasteiger partial charge in [-0.25, -0.2) is 4.98 Å². The standard InChI is InChI=1S/C53H54F3N7O7S2/c1-31(2)45(49(67)60-28-39(64)25-44(60)47(65)58-27-33-11-13-35(14-12-33)46-32(3)59-30-72-46)61-29-42-34(8-6-10-41(42)48(61)66)9-7-21-69-22-23-70-40-19-17-37(18-20-40)63-51(71)62(50(68)52(63,4)5)38-16-15-36(26-57)43(24-38)53(54,55)56/h6,8,10-20,24,30-31,39,44-45,64H,7,9,21-23,25,27-29H2,1-5H3,(H,58,65)/t39-,44+,45?/m1/s1. The molecule has 2 fully saturated rings. The summed E-state index contributed by atoms with van der Waals surface area (Å²) in [5.41, 5.74) is 4.49. The molecule has 14 nitrogen and oxygen atoms in total. The van der Waals surface area contributed by atoms with Crippen molar-refractivity contribution >= 4 is 63.7 Å². The summed E-state index contributed by atoms with van der Waals surface area (Å²) >= 11 is 7.21. The molecular formula is C53H54F3N7O7S2. The summed E-state index contributed by atoms with van der Waals surface area (Å²) in [7, 11) is 0. The molecule has 19 heteroatoms. The van der Waals surface area contributed by atoms with E-state index in [-0.39, 0.29) is 73.7 Å². The van der Waals surface area contributed by atoms with Gasteiger partial charge in [0, 0.05) is 43.9 Å². The van der Waals surface area contributed by atoms with Crippen LogP contribution < -0.4 is 19.9 Å². The van der Waals surface area contributed by atoms with Crippen LogP contribution in [-0.2, 0) is 44.8 Å². The molecule has 3 atom stereocenters. The first-order chi connectivity index (χ1) is 34.3. The Bertz CT molecular complexity index is 2920. The van der Waals surface area contributed by atoms with Gasteiger partial charge in [-0.2, -0.15) is 18.4 Å². The van der Waals surface area contributed by atoms with Crippen LogP contribution in [0, 0.1) is 24.2 Å². The highest BCUT2D eigenvalue weighted by atomic mass is 32.1. The van der Waals surface area contributed by atoms with Crippen LogP contribution in [0.2, 0.25) is 0 Å². The van der Waals surface area contributed by atoms with Gasteiger partial charge in [-0.15, -0.1) is 11.3 Å². The van der Waals surface area contributed by atoms with E-state index in [0.29, 0.717) is 36.4 Å². The first kappa shape index (κ1) is 51.6. The number of carbonyl (C=O) groups excluding carboxylic acids is 4. The second-order valence-electron chi connectivity index (χ2n) is 18.9. The number of hydrogen-bond acceptors (Lipinski definition) is 11. The Hall–Kier alpha value is -6.72. The predicted octanol–water partition coefficient (Wildman–Crippen LogP) is 8.21. The monoisotopic (exact) mass is 1020 g/mol. The molecule has 1 unspecified atom stereocenters.